The zero-order chi connectivity index (χ0) is 22.7. The quantitative estimate of drug-likeness (QED) is 0.488. The highest BCUT2D eigenvalue weighted by Gasteiger charge is 2.21. The van der Waals surface area contributed by atoms with Gasteiger partial charge in [-0.3, -0.25) is 9.78 Å². The summed E-state index contributed by atoms with van der Waals surface area (Å²) >= 11 is 1.44. The van der Waals surface area contributed by atoms with Crippen LogP contribution in [0.2, 0.25) is 0 Å². The molecule has 0 radical (unpaired) electrons. The number of likely N-dealkylation sites (tertiary alicyclic amines) is 1. The molecule has 3 aromatic rings. The molecular formula is C23H29FN6OS. The van der Waals surface area contributed by atoms with Crippen molar-refractivity contribution in [1.29, 1.82) is 0 Å². The van der Waals surface area contributed by atoms with E-state index >= 15 is 0 Å². The van der Waals surface area contributed by atoms with Crippen LogP contribution in [0.3, 0.4) is 0 Å². The first-order valence-corrected chi connectivity index (χ1v) is 11.9. The summed E-state index contributed by atoms with van der Waals surface area (Å²) in [5, 5.41) is 4.01. The second-order valence-electron chi connectivity index (χ2n) is 8.65. The Kier molecular flexibility index (Phi) is 7.05. The number of hydrogen-bond donors (Lipinski definition) is 1. The standard InChI is InChI=1S/C23H29FN6OS/c1-14(17-11-18(24)13-25-12-17)26-23-28-20(21-22(29-23)27-15(2)32-21)19(31)6-4-5-16-7-9-30(3)10-8-16/h11-14,16H,4-10H2,1-3H3,(H,26,28,29)/t14-/m0/s1. The smallest absolute Gasteiger partial charge is 0.225 e. The molecule has 0 aromatic carbocycles. The number of aryl methyl sites for hydroxylation is 1. The van der Waals surface area contributed by atoms with Crippen LogP contribution in [0.25, 0.3) is 10.3 Å². The van der Waals surface area contributed by atoms with E-state index in [1.165, 1.54) is 36.4 Å². The van der Waals surface area contributed by atoms with Crippen LogP contribution in [0.5, 0.6) is 0 Å². The molecule has 4 rings (SSSR count). The Bertz CT molecular complexity index is 1100. The van der Waals surface area contributed by atoms with E-state index in [2.05, 4.69) is 37.2 Å². The number of piperidine rings is 1. The molecule has 32 heavy (non-hydrogen) atoms. The second kappa shape index (κ2) is 9.95. The number of thiazole rings is 1. The number of carbonyl (C=O) groups excluding carboxylic acids is 1. The van der Waals surface area contributed by atoms with Gasteiger partial charge >= 0.3 is 0 Å². The van der Waals surface area contributed by atoms with Crippen LogP contribution in [-0.4, -0.2) is 50.8 Å². The third-order valence-electron chi connectivity index (χ3n) is 6.05. The molecule has 1 aliphatic rings. The molecule has 1 saturated heterocycles. The van der Waals surface area contributed by atoms with Gasteiger partial charge < -0.3 is 10.2 Å². The van der Waals surface area contributed by atoms with Crippen LogP contribution in [-0.2, 0) is 0 Å². The van der Waals surface area contributed by atoms with Crippen molar-refractivity contribution in [2.45, 2.75) is 52.0 Å². The molecule has 9 heteroatoms. The van der Waals surface area contributed by atoms with Crippen LogP contribution >= 0.6 is 11.3 Å². The van der Waals surface area contributed by atoms with Crippen molar-refractivity contribution in [3.05, 3.63) is 40.5 Å². The van der Waals surface area contributed by atoms with E-state index in [9.17, 15) is 9.18 Å². The number of aromatic nitrogens is 4. The van der Waals surface area contributed by atoms with E-state index in [4.69, 9.17) is 0 Å². The molecular weight excluding hydrogens is 427 g/mol. The van der Waals surface area contributed by atoms with Gasteiger partial charge in [0.25, 0.3) is 0 Å². The van der Waals surface area contributed by atoms with Gasteiger partial charge in [0.1, 0.15) is 16.2 Å². The molecule has 0 bridgehead atoms. The van der Waals surface area contributed by atoms with Crippen LogP contribution in [0.1, 0.15) is 66.1 Å². The summed E-state index contributed by atoms with van der Waals surface area (Å²) in [5.74, 6) is 0.645. The van der Waals surface area contributed by atoms with Crippen molar-refractivity contribution < 1.29 is 9.18 Å². The fourth-order valence-corrected chi connectivity index (χ4v) is 5.01. The fraction of sp³-hybridized carbons (Fsp3) is 0.522. The second-order valence-corrected chi connectivity index (χ2v) is 9.85. The molecule has 1 atom stereocenters. The molecule has 7 nitrogen and oxygen atoms in total. The number of nitrogens with one attached hydrogen (secondary N) is 1. The number of carbonyl (C=O) groups is 1. The summed E-state index contributed by atoms with van der Waals surface area (Å²) in [5.41, 5.74) is 1.62. The van der Waals surface area contributed by atoms with Crippen molar-refractivity contribution in [3.8, 4) is 0 Å². The molecule has 0 saturated carbocycles. The topological polar surface area (TPSA) is 83.9 Å². The van der Waals surface area contributed by atoms with Gasteiger partial charge in [-0.05, 0) is 77.2 Å². The first-order valence-electron chi connectivity index (χ1n) is 11.1. The summed E-state index contributed by atoms with van der Waals surface area (Å²) in [6.45, 7) is 6.05. The van der Waals surface area contributed by atoms with Gasteiger partial charge in [0.15, 0.2) is 11.4 Å². The average Bonchev–Trinajstić information content (AvgIpc) is 3.14. The zero-order valence-electron chi connectivity index (χ0n) is 18.8. The molecule has 170 valence electrons. The number of hydrogen-bond acceptors (Lipinski definition) is 8. The molecule has 0 amide bonds. The Labute approximate surface area is 191 Å². The van der Waals surface area contributed by atoms with Crippen LogP contribution in [0.15, 0.2) is 18.5 Å². The third kappa shape index (κ3) is 5.45. The maximum Gasteiger partial charge on any atom is 0.225 e. The van der Waals surface area contributed by atoms with Crippen molar-refractivity contribution >= 4 is 33.4 Å². The Morgan fingerprint density at radius 3 is 2.81 bits per heavy atom. The Hall–Kier alpha value is -2.52. The van der Waals surface area contributed by atoms with E-state index < -0.39 is 5.82 Å². The Morgan fingerprint density at radius 2 is 2.06 bits per heavy atom. The lowest BCUT2D eigenvalue weighted by Crippen LogP contribution is -2.30. The predicted octanol–water partition coefficient (Wildman–Crippen LogP) is 4.80. The summed E-state index contributed by atoms with van der Waals surface area (Å²) < 4.78 is 14.3. The molecule has 0 spiro atoms. The maximum atomic E-state index is 13.5. The number of halogens is 1. The molecule has 1 N–H and O–H groups in total. The molecule has 0 unspecified atom stereocenters. The van der Waals surface area contributed by atoms with E-state index in [0.29, 0.717) is 35.2 Å². The van der Waals surface area contributed by atoms with Gasteiger partial charge in [0, 0.05) is 12.6 Å². The van der Waals surface area contributed by atoms with Crippen molar-refractivity contribution in [2.75, 3.05) is 25.5 Å². The first kappa shape index (κ1) is 22.7. The van der Waals surface area contributed by atoms with Crippen LogP contribution < -0.4 is 5.32 Å². The van der Waals surface area contributed by atoms with Crippen molar-refractivity contribution in [1.82, 2.24) is 24.8 Å². The summed E-state index contributed by atoms with van der Waals surface area (Å²) in [6, 6.07) is 1.15. The lowest BCUT2D eigenvalue weighted by atomic mass is 9.91. The number of nitrogens with zero attached hydrogens (tertiary/aromatic N) is 5. The first-order chi connectivity index (χ1) is 15.4. The minimum Gasteiger partial charge on any atom is -0.348 e. The fourth-order valence-electron chi connectivity index (χ4n) is 4.14. The highest BCUT2D eigenvalue weighted by molar-refractivity contribution is 7.18. The van der Waals surface area contributed by atoms with Gasteiger partial charge in [-0.25, -0.2) is 14.4 Å². The number of fused-ring (bicyclic) bond motifs is 1. The highest BCUT2D eigenvalue weighted by Crippen LogP contribution is 2.28. The van der Waals surface area contributed by atoms with Gasteiger partial charge in [0.05, 0.1) is 17.2 Å². The SMILES string of the molecule is Cc1nc2nc(N[C@@H](C)c3cncc(F)c3)nc(C(=O)CCCC3CCN(C)CC3)c2s1. The Morgan fingerprint density at radius 1 is 1.28 bits per heavy atom. The van der Waals surface area contributed by atoms with E-state index in [1.54, 1.807) is 6.20 Å². The molecule has 1 aliphatic heterocycles. The number of Topliss-reactive ketones (excluding diaryl/α,β-unsaturated/α-hetero) is 1. The minimum atomic E-state index is -0.400. The van der Waals surface area contributed by atoms with Gasteiger partial charge in [-0.2, -0.15) is 4.98 Å². The third-order valence-corrected chi connectivity index (χ3v) is 7.02. The minimum absolute atomic E-state index is 0.0251. The molecule has 3 aromatic heterocycles. The van der Waals surface area contributed by atoms with Gasteiger partial charge in [-0.15, -0.1) is 11.3 Å². The lowest BCUT2D eigenvalue weighted by molar-refractivity contribution is 0.0972. The van der Waals surface area contributed by atoms with Crippen molar-refractivity contribution in [3.63, 3.8) is 0 Å². The molecule has 4 heterocycles. The van der Waals surface area contributed by atoms with E-state index in [1.807, 2.05) is 13.8 Å². The molecule has 0 aliphatic carbocycles. The predicted molar refractivity (Wildman–Crippen MR) is 125 cm³/mol. The Balaban J connectivity index is 1.48. The summed E-state index contributed by atoms with van der Waals surface area (Å²) in [7, 11) is 2.16. The lowest BCUT2D eigenvalue weighted by Gasteiger charge is -2.28. The zero-order valence-corrected chi connectivity index (χ0v) is 19.6. The van der Waals surface area contributed by atoms with E-state index in [-0.39, 0.29) is 11.8 Å². The monoisotopic (exact) mass is 456 g/mol. The molecule has 1 fully saturated rings. The largest absolute Gasteiger partial charge is 0.348 e. The number of ketones is 1. The summed E-state index contributed by atoms with van der Waals surface area (Å²) in [6.07, 6.45) is 7.59. The van der Waals surface area contributed by atoms with Gasteiger partial charge in [0.2, 0.25) is 5.95 Å². The van der Waals surface area contributed by atoms with E-state index in [0.717, 1.165) is 35.6 Å². The number of anilines is 1. The average molecular weight is 457 g/mol. The maximum absolute atomic E-state index is 13.5. The van der Waals surface area contributed by atoms with Crippen LogP contribution in [0, 0.1) is 18.7 Å². The number of rotatable bonds is 8. The normalized spacial score (nSPS) is 16.4. The van der Waals surface area contributed by atoms with Gasteiger partial charge in [-0.1, -0.05) is 0 Å². The van der Waals surface area contributed by atoms with Crippen molar-refractivity contribution in [2.24, 2.45) is 5.92 Å². The van der Waals surface area contributed by atoms with Crippen LogP contribution in [0.4, 0.5) is 10.3 Å². The highest BCUT2D eigenvalue weighted by atomic mass is 32.1. The number of pyridine rings is 1. The summed E-state index contributed by atoms with van der Waals surface area (Å²) in [4.78, 5) is 32.9.